The van der Waals surface area contributed by atoms with Crippen LogP contribution < -0.4 is 10.2 Å². The van der Waals surface area contributed by atoms with Crippen molar-refractivity contribution in [3.63, 3.8) is 0 Å². The molecule has 0 bridgehead atoms. The maximum Gasteiger partial charge on any atom is 0.271 e. The van der Waals surface area contributed by atoms with Gasteiger partial charge >= 0.3 is 0 Å². The normalized spacial score (nSPS) is 20.6. The lowest BCUT2D eigenvalue weighted by Gasteiger charge is -2.19. The fraction of sp³-hybridized carbons (Fsp3) is 0.529. The lowest BCUT2D eigenvalue weighted by atomic mass is 9.89. The minimum absolute atomic E-state index is 0.129. The van der Waals surface area contributed by atoms with Gasteiger partial charge in [-0.2, -0.15) is 5.10 Å². The van der Waals surface area contributed by atoms with E-state index < -0.39 is 0 Å². The number of hydrazone groups is 1. The van der Waals surface area contributed by atoms with Gasteiger partial charge in [0.05, 0.1) is 6.10 Å². The first kappa shape index (κ1) is 15.5. The van der Waals surface area contributed by atoms with Crippen molar-refractivity contribution in [1.29, 1.82) is 0 Å². The SMILES string of the molecule is CC(C)Oc1ccc(C(=O)N/N=C2/CCCC[C@H]2C)cc1. The third kappa shape index (κ3) is 4.59. The fourth-order valence-corrected chi connectivity index (χ4v) is 2.48. The molecular formula is C17H24N2O2. The Morgan fingerprint density at radius 3 is 2.62 bits per heavy atom. The van der Waals surface area contributed by atoms with Gasteiger partial charge in [-0.15, -0.1) is 0 Å². The summed E-state index contributed by atoms with van der Waals surface area (Å²) in [5, 5.41) is 4.30. The molecule has 0 aromatic heterocycles. The van der Waals surface area contributed by atoms with Crippen molar-refractivity contribution in [3.8, 4) is 5.75 Å². The molecule has 1 atom stereocenters. The molecule has 0 radical (unpaired) electrons. The van der Waals surface area contributed by atoms with Gasteiger partial charge in [0.25, 0.3) is 5.91 Å². The highest BCUT2D eigenvalue weighted by molar-refractivity contribution is 5.96. The molecule has 1 aliphatic rings. The fourth-order valence-electron chi connectivity index (χ4n) is 2.48. The Morgan fingerprint density at radius 1 is 1.29 bits per heavy atom. The van der Waals surface area contributed by atoms with Crippen molar-refractivity contribution in [3.05, 3.63) is 29.8 Å². The van der Waals surface area contributed by atoms with E-state index in [1.807, 2.05) is 26.0 Å². The molecule has 0 unspecified atom stereocenters. The molecule has 1 fully saturated rings. The molecule has 1 N–H and O–H groups in total. The minimum atomic E-state index is -0.170. The Kier molecular flexibility index (Phi) is 5.37. The molecule has 1 amide bonds. The molecule has 21 heavy (non-hydrogen) atoms. The second-order valence-corrected chi connectivity index (χ2v) is 5.88. The monoisotopic (exact) mass is 288 g/mol. The number of hydrogen-bond acceptors (Lipinski definition) is 3. The second-order valence-electron chi connectivity index (χ2n) is 5.88. The average molecular weight is 288 g/mol. The molecule has 1 aliphatic carbocycles. The van der Waals surface area contributed by atoms with Crippen LogP contribution in [0.15, 0.2) is 29.4 Å². The number of carbonyl (C=O) groups is 1. The third-order valence-corrected chi connectivity index (χ3v) is 3.68. The lowest BCUT2D eigenvalue weighted by molar-refractivity contribution is 0.0954. The van der Waals surface area contributed by atoms with Crippen molar-refractivity contribution in [2.75, 3.05) is 0 Å². The molecule has 1 saturated carbocycles. The van der Waals surface area contributed by atoms with Crippen molar-refractivity contribution in [1.82, 2.24) is 5.43 Å². The molecule has 2 rings (SSSR count). The number of carbonyl (C=O) groups excluding carboxylic acids is 1. The molecule has 4 nitrogen and oxygen atoms in total. The summed E-state index contributed by atoms with van der Waals surface area (Å²) in [4.78, 5) is 12.1. The molecule has 0 heterocycles. The number of benzene rings is 1. The van der Waals surface area contributed by atoms with Gasteiger partial charge in [-0.25, -0.2) is 5.43 Å². The van der Waals surface area contributed by atoms with Crippen LogP contribution in [0.25, 0.3) is 0 Å². The highest BCUT2D eigenvalue weighted by Gasteiger charge is 2.16. The van der Waals surface area contributed by atoms with Gasteiger partial charge in [0.1, 0.15) is 5.75 Å². The highest BCUT2D eigenvalue weighted by atomic mass is 16.5. The van der Waals surface area contributed by atoms with Crippen LogP contribution in [-0.2, 0) is 0 Å². The molecule has 1 aromatic rings. The van der Waals surface area contributed by atoms with E-state index in [-0.39, 0.29) is 12.0 Å². The zero-order chi connectivity index (χ0) is 15.2. The lowest BCUT2D eigenvalue weighted by Crippen LogP contribution is -2.24. The summed E-state index contributed by atoms with van der Waals surface area (Å²) in [5.41, 5.74) is 4.37. The summed E-state index contributed by atoms with van der Waals surface area (Å²) in [5.74, 6) is 1.08. The highest BCUT2D eigenvalue weighted by Crippen LogP contribution is 2.20. The van der Waals surface area contributed by atoms with Crippen molar-refractivity contribution in [2.24, 2.45) is 11.0 Å². The summed E-state index contributed by atoms with van der Waals surface area (Å²) >= 11 is 0. The number of nitrogens with one attached hydrogen (secondary N) is 1. The first-order valence-electron chi connectivity index (χ1n) is 7.70. The van der Waals surface area contributed by atoms with Crippen LogP contribution in [0.3, 0.4) is 0 Å². The Bertz CT molecular complexity index is 506. The first-order valence-corrected chi connectivity index (χ1v) is 7.70. The third-order valence-electron chi connectivity index (χ3n) is 3.68. The Hall–Kier alpha value is -1.84. The topological polar surface area (TPSA) is 50.7 Å². The number of amides is 1. The zero-order valence-electron chi connectivity index (χ0n) is 13.1. The molecule has 0 aliphatic heterocycles. The maximum absolute atomic E-state index is 12.1. The predicted molar refractivity (Wildman–Crippen MR) is 84.7 cm³/mol. The zero-order valence-corrected chi connectivity index (χ0v) is 13.1. The van der Waals surface area contributed by atoms with Crippen LogP contribution >= 0.6 is 0 Å². The first-order chi connectivity index (χ1) is 10.1. The smallest absolute Gasteiger partial charge is 0.271 e. The number of rotatable bonds is 4. The summed E-state index contributed by atoms with van der Waals surface area (Å²) in [6.07, 6.45) is 4.70. The Morgan fingerprint density at radius 2 is 2.00 bits per heavy atom. The number of hydrogen-bond donors (Lipinski definition) is 1. The molecule has 0 spiro atoms. The van der Waals surface area contributed by atoms with Gasteiger partial charge in [-0.1, -0.05) is 13.3 Å². The van der Waals surface area contributed by atoms with Crippen LogP contribution in [0.4, 0.5) is 0 Å². The summed E-state index contributed by atoms with van der Waals surface area (Å²) in [6, 6.07) is 7.14. The van der Waals surface area contributed by atoms with Crippen LogP contribution in [0.1, 0.15) is 56.8 Å². The van der Waals surface area contributed by atoms with Crippen molar-refractivity contribution >= 4 is 11.6 Å². The van der Waals surface area contributed by atoms with E-state index in [0.717, 1.165) is 24.3 Å². The van der Waals surface area contributed by atoms with Crippen LogP contribution in [-0.4, -0.2) is 17.7 Å². The minimum Gasteiger partial charge on any atom is -0.491 e. The average Bonchev–Trinajstić information content (AvgIpc) is 2.46. The van der Waals surface area contributed by atoms with Crippen LogP contribution in [0.2, 0.25) is 0 Å². The van der Waals surface area contributed by atoms with E-state index in [9.17, 15) is 4.79 Å². The van der Waals surface area contributed by atoms with E-state index in [1.54, 1.807) is 12.1 Å². The second kappa shape index (κ2) is 7.25. The summed E-state index contributed by atoms with van der Waals surface area (Å²) in [7, 11) is 0. The number of ether oxygens (including phenoxy) is 1. The van der Waals surface area contributed by atoms with Gasteiger partial charge < -0.3 is 4.74 Å². The van der Waals surface area contributed by atoms with Crippen molar-refractivity contribution < 1.29 is 9.53 Å². The van der Waals surface area contributed by atoms with Gasteiger partial charge in [-0.05, 0) is 63.3 Å². The summed E-state index contributed by atoms with van der Waals surface area (Å²) < 4.78 is 5.56. The van der Waals surface area contributed by atoms with E-state index in [1.165, 1.54) is 12.8 Å². The van der Waals surface area contributed by atoms with E-state index >= 15 is 0 Å². The quantitative estimate of drug-likeness (QED) is 0.857. The van der Waals surface area contributed by atoms with E-state index in [0.29, 0.717) is 11.5 Å². The molecular weight excluding hydrogens is 264 g/mol. The molecule has 1 aromatic carbocycles. The number of nitrogens with zero attached hydrogens (tertiary/aromatic N) is 1. The molecule has 0 saturated heterocycles. The molecule has 4 heteroatoms. The van der Waals surface area contributed by atoms with Crippen LogP contribution in [0.5, 0.6) is 5.75 Å². The van der Waals surface area contributed by atoms with Gasteiger partial charge in [0.15, 0.2) is 0 Å². The Labute approximate surface area is 126 Å². The van der Waals surface area contributed by atoms with Crippen molar-refractivity contribution in [2.45, 2.75) is 52.6 Å². The van der Waals surface area contributed by atoms with E-state index in [2.05, 4.69) is 17.5 Å². The summed E-state index contributed by atoms with van der Waals surface area (Å²) in [6.45, 7) is 6.12. The predicted octanol–water partition coefficient (Wildman–Crippen LogP) is 3.77. The van der Waals surface area contributed by atoms with E-state index in [4.69, 9.17) is 4.74 Å². The van der Waals surface area contributed by atoms with Gasteiger partial charge in [0.2, 0.25) is 0 Å². The van der Waals surface area contributed by atoms with Gasteiger partial charge in [-0.3, -0.25) is 4.79 Å². The maximum atomic E-state index is 12.1. The molecule has 114 valence electrons. The van der Waals surface area contributed by atoms with Crippen LogP contribution in [0, 0.1) is 5.92 Å². The standard InChI is InChI=1S/C17H24N2O2/c1-12(2)21-15-10-8-14(9-11-15)17(20)19-18-16-7-5-4-6-13(16)3/h8-13H,4-7H2,1-3H3,(H,19,20)/b18-16-/t13-/m1/s1. The van der Waals surface area contributed by atoms with Gasteiger partial charge in [0, 0.05) is 11.3 Å². The largest absolute Gasteiger partial charge is 0.491 e. The Balaban J connectivity index is 1.95.